The molecule has 4 rings (SSSR count). The van der Waals surface area contributed by atoms with Gasteiger partial charge in [0.15, 0.2) is 0 Å². The van der Waals surface area contributed by atoms with Crippen LogP contribution in [0.15, 0.2) is 53.7 Å². The third-order valence-corrected chi connectivity index (χ3v) is 6.47. The van der Waals surface area contributed by atoms with E-state index in [9.17, 15) is 18.0 Å². The number of hydrogen-bond acceptors (Lipinski definition) is 4. The minimum absolute atomic E-state index is 0.0529. The van der Waals surface area contributed by atoms with E-state index in [2.05, 4.69) is 5.16 Å². The maximum Gasteiger partial charge on any atom is 0.435 e. The van der Waals surface area contributed by atoms with Crippen molar-refractivity contribution in [3.8, 4) is 0 Å². The molecule has 3 aromatic carbocycles. The molecule has 10 heteroatoms. The zero-order valence-electron chi connectivity index (χ0n) is 16.3. The van der Waals surface area contributed by atoms with Crippen molar-refractivity contribution in [2.24, 2.45) is 5.16 Å². The Morgan fingerprint density at radius 1 is 1.06 bits per heavy atom. The predicted octanol–water partition coefficient (Wildman–Crippen LogP) is 7.17. The Balaban J connectivity index is 1.84. The number of alkyl halides is 3. The van der Waals surface area contributed by atoms with Crippen LogP contribution in [0.3, 0.4) is 0 Å². The Morgan fingerprint density at radius 2 is 1.69 bits per heavy atom. The Morgan fingerprint density at radius 3 is 2.28 bits per heavy atom. The molecule has 3 aromatic rings. The number of hydrogen-bond donors (Lipinski definition) is 0. The van der Waals surface area contributed by atoms with Gasteiger partial charge < -0.3 is 9.57 Å². The molecule has 0 amide bonds. The van der Waals surface area contributed by atoms with Crippen molar-refractivity contribution in [3.05, 3.63) is 80.3 Å². The lowest BCUT2D eigenvalue weighted by Crippen LogP contribution is -2.42. The van der Waals surface area contributed by atoms with Crippen LogP contribution in [-0.4, -0.2) is 25.0 Å². The van der Waals surface area contributed by atoms with Crippen LogP contribution in [0.5, 0.6) is 0 Å². The van der Waals surface area contributed by atoms with Crippen LogP contribution in [0.4, 0.5) is 13.2 Å². The minimum Gasteiger partial charge on any atom is -0.465 e. The van der Waals surface area contributed by atoms with Gasteiger partial charge >= 0.3 is 12.1 Å². The molecule has 1 aliphatic rings. The SMILES string of the molecule is COC(=O)c1ccc(C2=NOC(c3cc(Cl)c(Cl)c(Cl)c3)(C(F)(F)F)C2)c2ccccc12. The monoisotopic (exact) mass is 501 g/mol. The van der Waals surface area contributed by atoms with E-state index in [-0.39, 0.29) is 31.9 Å². The normalized spacial score (nSPS) is 18.4. The van der Waals surface area contributed by atoms with Gasteiger partial charge in [0.2, 0.25) is 0 Å². The predicted molar refractivity (Wildman–Crippen MR) is 117 cm³/mol. The summed E-state index contributed by atoms with van der Waals surface area (Å²) in [7, 11) is 1.25. The van der Waals surface area contributed by atoms with E-state index < -0.39 is 24.2 Å². The van der Waals surface area contributed by atoms with Gasteiger partial charge in [0.1, 0.15) is 0 Å². The van der Waals surface area contributed by atoms with Crippen molar-refractivity contribution in [1.29, 1.82) is 0 Å². The summed E-state index contributed by atoms with van der Waals surface area (Å²) in [6.07, 6.45) is -5.48. The average molecular weight is 503 g/mol. The summed E-state index contributed by atoms with van der Waals surface area (Å²) in [6.45, 7) is 0. The van der Waals surface area contributed by atoms with Crippen molar-refractivity contribution in [2.75, 3.05) is 7.11 Å². The van der Waals surface area contributed by atoms with Crippen LogP contribution in [0, 0.1) is 0 Å². The second kappa shape index (κ2) is 8.14. The lowest BCUT2D eigenvalue weighted by molar-refractivity contribution is -0.275. The molecule has 0 fully saturated rings. The Labute approximate surface area is 195 Å². The highest BCUT2D eigenvalue weighted by atomic mass is 35.5. The summed E-state index contributed by atoms with van der Waals surface area (Å²) in [4.78, 5) is 17.2. The van der Waals surface area contributed by atoms with Gasteiger partial charge in [-0.1, -0.05) is 70.3 Å². The molecule has 0 spiro atoms. The van der Waals surface area contributed by atoms with Crippen LogP contribution in [-0.2, 0) is 15.2 Å². The van der Waals surface area contributed by atoms with E-state index in [0.29, 0.717) is 16.3 Å². The molecule has 0 saturated heterocycles. The summed E-state index contributed by atoms with van der Waals surface area (Å²) < 4.78 is 47.7. The Kier molecular flexibility index (Phi) is 5.77. The van der Waals surface area contributed by atoms with E-state index in [0.717, 1.165) is 12.1 Å². The third-order valence-electron chi connectivity index (χ3n) is 5.28. The number of rotatable bonds is 3. The molecule has 0 aliphatic carbocycles. The molecule has 166 valence electrons. The van der Waals surface area contributed by atoms with Gasteiger partial charge in [-0.05, 0) is 29.0 Å². The number of methoxy groups -OCH3 is 1. The molecular weight excluding hydrogens is 490 g/mol. The smallest absolute Gasteiger partial charge is 0.435 e. The fraction of sp³-hybridized carbons (Fsp3) is 0.182. The molecule has 0 saturated carbocycles. The molecule has 0 aromatic heterocycles. The van der Waals surface area contributed by atoms with Crippen molar-refractivity contribution >= 4 is 57.3 Å². The fourth-order valence-corrected chi connectivity index (χ4v) is 4.27. The van der Waals surface area contributed by atoms with Crippen LogP contribution in [0.25, 0.3) is 10.8 Å². The molecule has 4 nitrogen and oxygen atoms in total. The molecular formula is C22H13Cl3F3NO3. The summed E-state index contributed by atoms with van der Waals surface area (Å²) in [6, 6.07) is 11.9. The Hall–Kier alpha value is -2.48. The molecule has 1 unspecified atom stereocenters. The van der Waals surface area contributed by atoms with Crippen LogP contribution in [0.2, 0.25) is 15.1 Å². The maximum absolute atomic E-state index is 14.3. The first kappa shape index (κ1) is 22.7. The maximum atomic E-state index is 14.3. The zero-order chi connectivity index (χ0) is 23.3. The standard InChI is InChI=1S/C22H13Cl3F3NO3/c1-31-20(30)15-7-6-14(12-4-2-3-5-13(12)15)18-10-21(32-29-18,22(26,27)28)11-8-16(23)19(25)17(24)9-11/h2-9H,10H2,1H3. The zero-order valence-corrected chi connectivity index (χ0v) is 18.5. The molecule has 1 atom stereocenters. The van der Waals surface area contributed by atoms with Crippen molar-refractivity contribution in [3.63, 3.8) is 0 Å². The molecule has 1 aliphatic heterocycles. The summed E-state index contributed by atoms with van der Waals surface area (Å²) >= 11 is 17.9. The van der Waals surface area contributed by atoms with Gasteiger partial charge in [-0.3, -0.25) is 0 Å². The van der Waals surface area contributed by atoms with Crippen LogP contribution in [0.1, 0.15) is 27.9 Å². The Bertz CT molecular complexity index is 1250. The minimum atomic E-state index is -4.85. The topological polar surface area (TPSA) is 47.9 Å². The lowest BCUT2D eigenvalue weighted by Gasteiger charge is -2.30. The quantitative estimate of drug-likeness (QED) is 0.282. The van der Waals surface area contributed by atoms with E-state index in [4.69, 9.17) is 44.4 Å². The third kappa shape index (κ3) is 3.58. The number of halogens is 6. The highest BCUT2D eigenvalue weighted by molar-refractivity contribution is 6.48. The van der Waals surface area contributed by atoms with Gasteiger partial charge in [0.25, 0.3) is 5.60 Å². The van der Waals surface area contributed by atoms with Crippen molar-refractivity contribution < 1.29 is 27.5 Å². The highest BCUT2D eigenvalue weighted by Crippen LogP contribution is 2.51. The molecule has 32 heavy (non-hydrogen) atoms. The number of esters is 1. The number of carbonyl (C=O) groups is 1. The summed E-state index contributed by atoms with van der Waals surface area (Å²) in [5.74, 6) is -0.563. The first-order valence-electron chi connectivity index (χ1n) is 9.16. The van der Waals surface area contributed by atoms with E-state index in [1.165, 1.54) is 19.2 Å². The largest absolute Gasteiger partial charge is 0.465 e. The first-order valence-corrected chi connectivity index (χ1v) is 10.3. The number of nitrogens with zero attached hydrogens (tertiary/aromatic N) is 1. The van der Waals surface area contributed by atoms with E-state index >= 15 is 0 Å². The molecule has 1 heterocycles. The van der Waals surface area contributed by atoms with Crippen molar-refractivity contribution in [1.82, 2.24) is 0 Å². The lowest BCUT2D eigenvalue weighted by atomic mass is 9.85. The number of ether oxygens (including phenoxy) is 1. The van der Waals surface area contributed by atoms with Crippen LogP contribution < -0.4 is 0 Å². The first-order chi connectivity index (χ1) is 15.1. The number of oxime groups is 1. The molecule has 0 N–H and O–H groups in total. The van der Waals surface area contributed by atoms with Gasteiger partial charge in [0, 0.05) is 17.5 Å². The van der Waals surface area contributed by atoms with Gasteiger partial charge in [-0.2, -0.15) is 13.2 Å². The van der Waals surface area contributed by atoms with Crippen LogP contribution >= 0.6 is 34.8 Å². The summed E-state index contributed by atoms with van der Waals surface area (Å²) in [5.41, 5.74) is -2.39. The van der Waals surface area contributed by atoms with Gasteiger partial charge in [-0.15, -0.1) is 0 Å². The fourth-order valence-electron chi connectivity index (χ4n) is 3.68. The average Bonchev–Trinajstić information content (AvgIpc) is 3.22. The van der Waals surface area contributed by atoms with E-state index in [1.54, 1.807) is 24.3 Å². The second-order valence-electron chi connectivity index (χ2n) is 7.08. The second-order valence-corrected chi connectivity index (χ2v) is 8.27. The number of fused-ring (bicyclic) bond motifs is 1. The summed E-state index contributed by atoms with van der Waals surface area (Å²) in [5, 5.41) is 4.51. The van der Waals surface area contributed by atoms with Gasteiger partial charge in [-0.25, -0.2) is 4.79 Å². The number of benzene rings is 3. The molecule has 0 radical (unpaired) electrons. The van der Waals surface area contributed by atoms with Gasteiger partial charge in [0.05, 0.1) is 33.5 Å². The van der Waals surface area contributed by atoms with E-state index in [1.807, 2.05) is 0 Å². The van der Waals surface area contributed by atoms with Crippen molar-refractivity contribution in [2.45, 2.75) is 18.2 Å². The number of carbonyl (C=O) groups excluding carboxylic acids is 1. The molecule has 0 bridgehead atoms. The highest BCUT2D eigenvalue weighted by Gasteiger charge is 2.62.